The molecule has 0 aliphatic rings. The van der Waals surface area contributed by atoms with Crippen LogP contribution in [0.1, 0.15) is 25.8 Å². The van der Waals surface area contributed by atoms with Crippen LogP contribution in [0, 0.1) is 5.82 Å². The van der Waals surface area contributed by atoms with Crippen molar-refractivity contribution in [1.82, 2.24) is 10.3 Å². The molecule has 0 spiro atoms. The Kier molecular flexibility index (Phi) is 4.14. The zero-order valence-corrected chi connectivity index (χ0v) is 11.8. The maximum absolute atomic E-state index is 13.2. The van der Waals surface area contributed by atoms with Gasteiger partial charge in [0.05, 0.1) is 12.2 Å². The summed E-state index contributed by atoms with van der Waals surface area (Å²) in [6, 6.07) is 4.51. The predicted molar refractivity (Wildman–Crippen MR) is 71.7 cm³/mol. The molecule has 0 saturated heterocycles. The highest BCUT2D eigenvalue weighted by Gasteiger charge is 2.14. The fraction of sp³-hybridized carbons (Fsp3) is 0.308. The van der Waals surface area contributed by atoms with E-state index in [-0.39, 0.29) is 11.9 Å². The lowest BCUT2D eigenvalue weighted by molar-refractivity contribution is 0.428. The van der Waals surface area contributed by atoms with E-state index < -0.39 is 0 Å². The number of rotatable bonds is 4. The molecule has 1 heterocycles. The minimum absolute atomic E-state index is 0.0380. The first-order chi connectivity index (χ1) is 8.61. The summed E-state index contributed by atoms with van der Waals surface area (Å²) in [6.45, 7) is 4.83. The molecule has 1 atom stereocenters. The third-order valence-corrected chi connectivity index (χ3v) is 3.29. The fourth-order valence-corrected chi connectivity index (χ4v) is 2.13. The lowest BCUT2D eigenvalue weighted by atomic mass is 10.2. The lowest BCUT2D eigenvalue weighted by Gasteiger charge is -2.07. The van der Waals surface area contributed by atoms with Gasteiger partial charge in [-0.25, -0.2) is 9.37 Å². The molecule has 0 saturated carbocycles. The Morgan fingerprint density at radius 3 is 3.00 bits per heavy atom. The molecule has 2 rings (SSSR count). The third-order valence-electron chi connectivity index (χ3n) is 2.60. The van der Waals surface area contributed by atoms with Crippen LogP contribution in [0.4, 0.5) is 4.39 Å². The molecule has 0 fully saturated rings. The summed E-state index contributed by atoms with van der Waals surface area (Å²) in [7, 11) is 0. The second kappa shape index (κ2) is 5.63. The Hall–Kier alpha value is -1.20. The highest BCUT2D eigenvalue weighted by molar-refractivity contribution is 9.10. The molecule has 1 unspecified atom stereocenters. The number of aromatic nitrogens is 1. The molecule has 0 aliphatic carbocycles. The summed E-state index contributed by atoms with van der Waals surface area (Å²) in [5, 5.41) is 3.21. The largest absolute Gasteiger partial charge is 0.439 e. The van der Waals surface area contributed by atoms with Crippen LogP contribution in [0.15, 0.2) is 33.3 Å². The Labute approximate surface area is 114 Å². The molecule has 96 valence electrons. The molecule has 2 aromatic rings. The smallest absolute Gasteiger partial charge is 0.211 e. The zero-order valence-electron chi connectivity index (χ0n) is 10.2. The average molecular weight is 313 g/mol. The van der Waals surface area contributed by atoms with Gasteiger partial charge < -0.3 is 9.73 Å². The topological polar surface area (TPSA) is 38.1 Å². The second-order valence-corrected chi connectivity index (χ2v) is 4.82. The van der Waals surface area contributed by atoms with Gasteiger partial charge in [0.25, 0.3) is 0 Å². The predicted octanol–water partition coefficient (Wildman–Crippen LogP) is 3.91. The van der Waals surface area contributed by atoms with E-state index >= 15 is 0 Å². The molecule has 3 nitrogen and oxygen atoms in total. The van der Waals surface area contributed by atoms with Crippen molar-refractivity contribution in [2.24, 2.45) is 0 Å². The summed E-state index contributed by atoms with van der Waals surface area (Å²) >= 11 is 3.37. The fourth-order valence-electron chi connectivity index (χ4n) is 1.69. The molecular weight excluding hydrogens is 299 g/mol. The number of oxazole rings is 1. The first-order valence-corrected chi connectivity index (χ1v) is 6.55. The van der Waals surface area contributed by atoms with Crippen molar-refractivity contribution in [2.75, 3.05) is 6.54 Å². The van der Waals surface area contributed by atoms with Crippen molar-refractivity contribution in [1.29, 1.82) is 0 Å². The standard InChI is InChI=1S/C13H14BrFN2O/c1-3-16-8(2)13-17-7-12(18-13)10-6-9(15)4-5-11(10)14/h4-8,16H,3H2,1-2H3. The van der Waals surface area contributed by atoms with E-state index in [2.05, 4.69) is 26.2 Å². The van der Waals surface area contributed by atoms with E-state index in [0.29, 0.717) is 17.2 Å². The quantitative estimate of drug-likeness (QED) is 0.930. The number of hydrogen-bond donors (Lipinski definition) is 1. The van der Waals surface area contributed by atoms with Crippen molar-refractivity contribution >= 4 is 15.9 Å². The van der Waals surface area contributed by atoms with Crippen LogP contribution < -0.4 is 5.32 Å². The van der Waals surface area contributed by atoms with E-state index in [0.717, 1.165) is 11.0 Å². The molecular formula is C13H14BrFN2O. The van der Waals surface area contributed by atoms with Crippen LogP contribution in [0.5, 0.6) is 0 Å². The molecule has 0 amide bonds. The third kappa shape index (κ3) is 2.79. The van der Waals surface area contributed by atoms with Gasteiger partial charge in [-0.2, -0.15) is 0 Å². The van der Waals surface area contributed by atoms with Gasteiger partial charge in [-0.15, -0.1) is 0 Å². The first kappa shape index (κ1) is 13.2. The summed E-state index contributed by atoms with van der Waals surface area (Å²) in [5.41, 5.74) is 0.664. The zero-order chi connectivity index (χ0) is 13.1. The average Bonchev–Trinajstić information content (AvgIpc) is 2.82. The molecule has 5 heteroatoms. The summed E-state index contributed by atoms with van der Waals surface area (Å²) in [5.74, 6) is 0.857. The van der Waals surface area contributed by atoms with Crippen LogP contribution in [0.3, 0.4) is 0 Å². The van der Waals surface area contributed by atoms with Gasteiger partial charge in [0.2, 0.25) is 5.89 Å². The number of halogens is 2. The highest BCUT2D eigenvalue weighted by Crippen LogP contribution is 2.30. The Morgan fingerprint density at radius 1 is 1.50 bits per heavy atom. The highest BCUT2D eigenvalue weighted by atomic mass is 79.9. The number of nitrogens with one attached hydrogen (secondary N) is 1. The SMILES string of the molecule is CCNC(C)c1ncc(-c2cc(F)ccc2Br)o1. The Morgan fingerprint density at radius 2 is 2.28 bits per heavy atom. The van der Waals surface area contributed by atoms with Gasteiger partial charge in [0.15, 0.2) is 5.76 Å². The van der Waals surface area contributed by atoms with Gasteiger partial charge in [-0.3, -0.25) is 0 Å². The maximum Gasteiger partial charge on any atom is 0.211 e. The summed E-state index contributed by atoms with van der Waals surface area (Å²) in [6.07, 6.45) is 1.61. The van der Waals surface area contributed by atoms with Gasteiger partial charge >= 0.3 is 0 Å². The molecule has 1 aromatic heterocycles. The minimum Gasteiger partial charge on any atom is -0.439 e. The van der Waals surface area contributed by atoms with E-state index in [4.69, 9.17) is 4.42 Å². The van der Waals surface area contributed by atoms with Crippen LogP contribution in [0.2, 0.25) is 0 Å². The maximum atomic E-state index is 13.2. The lowest BCUT2D eigenvalue weighted by Crippen LogP contribution is -2.17. The Balaban J connectivity index is 2.32. The van der Waals surface area contributed by atoms with Crippen molar-refractivity contribution in [3.63, 3.8) is 0 Å². The van der Waals surface area contributed by atoms with Crippen LogP contribution >= 0.6 is 15.9 Å². The number of nitrogens with zero attached hydrogens (tertiary/aromatic N) is 1. The molecule has 0 aliphatic heterocycles. The number of benzene rings is 1. The van der Waals surface area contributed by atoms with Crippen molar-refractivity contribution in [2.45, 2.75) is 19.9 Å². The van der Waals surface area contributed by atoms with E-state index in [1.807, 2.05) is 13.8 Å². The molecule has 0 bridgehead atoms. The summed E-state index contributed by atoms with van der Waals surface area (Å²) < 4.78 is 19.7. The van der Waals surface area contributed by atoms with Gasteiger partial charge in [0.1, 0.15) is 5.82 Å². The number of hydrogen-bond acceptors (Lipinski definition) is 3. The minimum atomic E-state index is -0.300. The van der Waals surface area contributed by atoms with Crippen LogP contribution in [-0.4, -0.2) is 11.5 Å². The molecule has 0 radical (unpaired) electrons. The van der Waals surface area contributed by atoms with Gasteiger partial charge in [-0.1, -0.05) is 22.9 Å². The second-order valence-electron chi connectivity index (χ2n) is 3.97. The molecule has 1 N–H and O–H groups in total. The van der Waals surface area contributed by atoms with Crippen LogP contribution in [-0.2, 0) is 0 Å². The van der Waals surface area contributed by atoms with Crippen LogP contribution in [0.25, 0.3) is 11.3 Å². The van der Waals surface area contributed by atoms with Crippen molar-refractivity contribution < 1.29 is 8.81 Å². The summed E-state index contributed by atoms with van der Waals surface area (Å²) in [4.78, 5) is 4.21. The van der Waals surface area contributed by atoms with E-state index in [9.17, 15) is 4.39 Å². The monoisotopic (exact) mass is 312 g/mol. The van der Waals surface area contributed by atoms with E-state index in [1.165, 1.54) is 12.1 Å². The normalized spacial score (nSPS) is 12.7. The van der Waals surface area contributed by atoms with Gasteiger partial charge in [-0.05, 0) is 31.7 Å². The van der Waals surface area contributed by atoms with E-state index in [1.54, 1.807) is 12.3 Å². The Bertz CT molecular complexity index is 542. The first-order valence-electron chi connectivity index (χ1n) is 5.76. The van der Waals surface area contributed by atoms with Crippen molar-refractivity contribution in [3.05, 3.63) is 40.6 Å². The molecule has 1 aromatic carbocycles. The van der Waals surface area contributed by atoms with Gasteiger partial charge in [0, 0.05) is 10.0 Å². The molecule has 18 heavy (non-hydrogen) atoms. The van der Waals surface area contributed by atoms with Crippen molar-refractivity contribution in [3.8, 4) is 11.3 Å².